The van der Waals surface area contributed by atoms with Crippen LogP contribution in [0.15, 0.2) is 30.3 Å². The number of aromatic nitrogens is 1. The van der Waals surface area contributed by atoms with Crippen molar-refractivity contribution >= 4 is 16.7 Å². The van der Waals surface area contributed by atoms with Crippen molar-refractivity contribution in [2.24, 2.45) is 0 Å². The zero-order valence-electron chi connectivity index (χ0n) is 13.3. The van der Waals surface area contributed by atoms with Crippen molar-refractivity contribution in [3.8, 4) is 11.5 Å². The number of carbonyl (C=O) groups is 1. The largest absolute Gasteiger partial charge is 0.497 e. The van der Waals surface area contributed by atoms with Crippen LogP contribution in [-0.2, 0) is 6.61 Å². The smallest absolute Gasteiger partial charge is 0.213 e. The van der Waals surface area contributed by atoms with Crippen molar-refractivity contribution in [3.63, 3.8) is 0 Å². The lowest BCUT2D eigenvalue weighted by Crippen LogP contribution is -2.03. The topological polar surface area (TPSA) is 51.3 Å². The molecule has 0 spiro atoms. The molecule has 0 bridgehead atoms. The number of H-pyrrole nitrogens is 1. The molecule has 23 heavy (non-hydrogen) atoms. The first-order valence-corrected chi connectivity index (χ1v) is 7.56. The average Bonchev–Trinajstić information content (AvgIpc) is 2.86. The van der Waals surface area contributed by atoms with E-state index >= 15 is 0 Å². The van der Waals surface area contributed by atoms with Crippen LogP contribution in [0.3, 0.4) is 0 Å². The summed E-state index contributed by atoms with van der Waals surface area (Å²) >= 11 is 0. The van der Waals surface area contributed by atoms with Gasteiger partial charge in [-0.05, 0) is 55.3 Å². The summed E-state index contributed by atoms with van der Waals surface area (Å²) in [5.41, 5.74) is 5.23. The second kappa shape index (κ2) is 4.88. The van der Waals surface area contributed by atoms with E-state index in [1.807, 2.05) is 44.2 Å². The zero-order chi connectivity index (χ0) is 16.1. The van der Waals surface area contributed by atoms with Gasteiger partial charge in [-0.1, -0.05) is 0 Å². The predicted molar refractivity (Wildman–Crippen MR) is 88.5 cm³/mol. The van der Waals surface area contributed by atoms with Crippen molar-refractivity contribution in [2.75, 3.05) is 7.11 Å². The lowest BCUT2D eigenvalue weighted by molar-refractivity contribution is 0.103. The van der Waals surface area contributed by atoms with Crippen LogP contribution in [0.4, 0.5) is 0 Å². The average molecular weight is 307 g/mol. The van der Waals surface area contributed by atoms with Crippen LogP contribution in [0.1, 0.15) is 32.7 Å². The second-order valence-electron chi connectivity index (χ2n) is 5.94. The first-order valence-electron chi connectivity index (χ1n) is 7.56. The Morgan fingerprint density at radius 2 is 1.91 bits per heavy atom. The predicted octanol–water partition coefficient (Wildman–Crippen LogP) is 3.92. The Morgan fingerprint density at radius 1 is 1.13 bits per heavy atom. The Morgan fingerprint density at radius 3 is 2.70 bits per heavy atom. The van der Waals surface area contributed by atoms with Gasteiger partial charge >= 0.3 is 0 Å². The summed E-state index contributed by atoms with van der Waals surface area (Å²) in [6.45, 7) is 4.39. The summed E-state index contributed by atoms with van der Waals surface area (Å²) in [7, 11) is 1.63. The maximum Gasteiger partial charge on any atom is 0.213 e. The van der Waals surface area contributed by atoms with E-state index in [4.69, 9.17) is 9.47 Å². The number of ketones is 1. The molecule has 116 valence electrons. The summed E-state index contributed by atoms with van der Waals surface area (Å²) in [6, 6.07) is 9.60. The van der Waals surface area contributed by atoms with Crippen LogP contribution in [0.5, 0.6) is 11.5 Å². The number of benzene rings is 2. The fourth-order valence-corrected chi connectivity index (χ4v) is 3.07. The molecule has 1 aromatic heterocycles. The minimum atomic E-state index is -0.0224. The van der Waals surface area contributed by atoms with Crippen LogP contribution in [0.25, 0.3) is 10.9 Å². The van der Waals surface area contributed by atoms with Gasteiger partial charge in [0.2, 0.25) is 5.78 Å². The van der Waals surface area contributed by atoms with Crippen LogP contribution in [0, 0.1) is 13.8 Å². The highest BCUT2D eigenvalue weighted by molar-refractivity contribution is 6.13. The van der Waals surface area contributed by atoms with Gasteiger partial charge in [-0.15, -0.1) is 0 Å². The third-order valence-corrected chi connectivity index (χ3v) is 4.55. The molecule has 4 nitrogen and oxygen atoms in total. The van der Waals surface area contributed by atoms with Crippen LogP contribution >= 0.6 is 0 Å². The number of rotatable bonds is 1. The molecular weight excluding hydrogens is 290 g/mol. The summed E-state index contributed by atoms with van der Waals surface area (Å²) in [5.74, 6) is 1.39. The molecule has 0 saturated heterocycles. The fraction of sp³-hybridized carbons (Fsp3) is 0.211. The fourth-order valence-electron chi connectivity index (χ4n) is 3.07. The van der Waals surface area contributed by atoms with Crippen LogP contribution < -0.4 is 9.47 Å². The number of ether oxygens (including phenoxy) is 2. The quantitative estimate of drug-likeness (QED) is 0.741. The number of nitrogens with one attached hydrogen (secondary N) is 1. The molecule has 0 aliphatic carbocycles. The number of hydrogen-bond donors (Lipinski definition) is 1. The number of fused-ring (bicyclic) bond motifs is 4. The molecule has 3 aromatic rings. The number of aromatic amines is 1. The molecule has 2 heterocycles. The Balaban J connectivity index is 1.94. The van der Waals surface area contributed by atoms with Gasteiger partial charge in [-0.2, -0.15) is 0 Å². The maximum absolute atomic E-state index is 13.0. The molecule has 0 unspecified atom stereocenters. The molecule has 1 aliphatic rings. The number of carbonyl (C=O) groups excluding carboxylic acids is 1. The highest BCUT2D eigenvalue weighted by atomic mass is 16.5. The molecule has 0 atom stereocenters. The van der Waals surface area contributed by atoms with Crippen molar-refractivity contribution in [3.05, 3.63) is 58.3 Å². The van der Waals surface area contributed by atoms with Crippen molar-refractivity contribution in [1.29, 1.82) is 0 Å². The lowest BCUT2D eigenvalue weighted by Gasteiger charge is -2.09. The summed E-state index contributed by atoms with van der Waals surface area (Å²) in [4.78, 5) is 16.2. The Bertz CT molecular complexity index is 953. The Hall–Kier alpha value is -2.75. The molecule has 1 N–H and O–H groups in total. The monoisotopic (exact) mass is 307 g/mol. The molecule has 0 radical (unpaired) electrons. The van der Waals surface area contributed by atoms with E-state index in [0.29, 0.717) is 23.6 Å². The van der Waals surface area contributed by atoms with E-state index in [1.165, 1.54) is 0 Å². The molecule has 4 heteroatoms. The number of hydrogen-bond acceptors (Lipinski definition) is 3. The highest BCUT2D eigenvalue weighted by Gasteiger charge is 2.26. The Labute approximate surface area is 134 Å². The molecule has 0 amide bonds. The van der Waals surface area contributed by atoms with Gasteiger partial charge in [0, 0.05) is 16.5 Å². The van der Waals surface area contributed by atoms with Gasteiger partial charge in [0.25, 0.3) is 0 Å². The van der Waals surface area contributed by atoms with Gasteiger partial charge in [-0.25, -0.2) is 0 Å². The Kier molecular flexibility index (Phi) is 2.94. The van der Waals surface area contributed by atoms with Gasteiger partial charge < -0.3 is 14.5 Å². The minimum Gasteiger partial charge on any atom is -0.497 e. The van der Waals surface area contributed by atoms with E-state index in [1.54, 1.807) is 7.11 Å². The third kappa shape index (κ3) is 2.02. The SMILES string of the molecule is COc1ccc2[nH]c3c(c2c1)COc1cc(C)c(C)cc1C3=O. The zero-order valence-corrected chi connectivity index (χ0v) is 13.3. The van der Waals surface area contributed by atoms with Gasteiger partial charge in [0.15, 0.2) is 0 Å². The maximum atomic E-state index is 13.0. The normalized spacial score (nSPS) is 13.3. The van der Waals surface area contributed by atoms with Crippen molar-refractivity contribution in [1.82, 2.24) is 4.98 Å². The number of methoxy groups -OCH3 is 1. The van der Waals surface area contributed by atoms with Crippen molar-refractivity contribution < 1.29 is 14.3 Å². The molecular formula is C19H17NO3. The molecule has 2 aromatic carbocycles. The lowest BCUT2D eigenvalue weighted by atomic mass is 10.00. The second-order valence-corrected chi connectivity index (χ2v) is 5.94. The van der Waals surface area contributed by atoms with E-state index in [2.05, 4.69) is 4.98 Å². The van der Waals surface area contributed by atoms with Crippen molar-refractivity contribution in [2.45, 2.75) is 20.5 Å². The first-order chi connectivity index (χ1) is 11.1. The van der Waals surface area contributed by atoms with Gasteiger partial charge in [0.1, 0.15) is 18.1 Å². The van der Waals surface area contributed by atoms with Gasteiger partial charge in [-0.3, -0.25) is 4.79 Å². The van der Waals surface area contributed by atoms with E-state index < -0.39 is 0 Å². The molecule has 0 fully saturated rings. The van der Waals surface area contributed by atoms with E-state index in [9.17, 15) is 4.79 Å². The standard InChI is InChI=1S/C19H17NO3/c1-10-6-14-17(7-11(10)2)23-9-15-13-8-12(22-3)4-5-16(13)20-18(15)19(14)21/h4-8,20H,9H2,1-3H3. The van der Waals surface area contributed by atoms with Gasteiger partial charge in [0.05, 0.1) is 18.4 Å². The van der Waals surface area contributed by atoms with E-state index in [0.717, 1.165) is 33.3 Å². The molecule has 1 aliphatic heterocycles. The summed E-state index contributed by atoms with van der Waals surface area (Å²) in [6.07, 6.45) is 0. The summed E-state index contributed by atoms with van der Waals surface area (Å²) in [5, 5.41) is 0.967. The third-order valence-electron chi connectivity index (χ3n) is 4.55. The van der Waals surface area contributed by atoms with E-state index in [-0.39, 0.29) is 5.78 Å². The minimum absolute atomic E-state index is 0.0224. The highest BCUT2D eigenvalue weighted by Crippen LogP contribution is 2.35. The molecule has 0 saturated carbocycles. The molecule has 4 rings (SSSR count). The first kappa shape index (κ1) is 13.9. The van der Waals surface area contributed by atoms with Crippen LogP contribution in [0.2, 0.25) is 0 Å². The van der Waals surface area contributed by atoms with Crippen LogP contribution in [-0.4, -0.2) is 17.9 Å². The summed E-state index contributed by atoms with van der Waals surface area (Å²) < 4.78 is 11.2. The number of aryl methyl sites for hydroxylation is 2.